The zero-order valence-corrected chi connectivity index (χ0v) is 16.2. The maximum absolute atomic E-state index is 13.9. The van der Waals surface area contributed by atoms with E-state index in [0.29, 0.717) is 22.3 Å². The molecule has 1 unspecified atom stereocenters. The number of halogens is 2. The second-order valence-electron chi connectivity index (χ2n) is 6.38. The highest BCUT2D eigenvalue weighted by molar-refractivity contribution is 7.98. The Morgan fingerprint density at radius 3 is 2.30 bits per heavy atom. The average Bonchev–Trinajstić information content (AvgIpc) is 3.07. The minimum absolute atomic E-state index is 0.0739. The Morgan fingerprint density at radius 2 is 1.63 bits per heavy atom. The number of benzene rings is 2. The van der Waals surface area contributed by atoms with Crippen LogP contribution in [0.25, 0.3) is 0 Å². The van der Waals surface area contributed by atoms with Gasteiger partial charge in [-0.05, 0) is 44.5 Å². The van der Waals surface area contributed by atoms with Crippen LogP contribution >= 0.6 is 11.8 Å². The summed E-state index contributed by atoms with van der Waals surface area (Å²) in [7, 11) is 0. The van der Waals surface area contributed by atoms with Gasteiger partial charge in [0, 0.05) is 11.8 Å². The van der Waals surface area contributed by atoms with Crippen LogP contribution in [-0.2, 0) is 5.75 Å². The standard InChI is InChI=1S/C20H21F2N3OS/c1-13(2)25-19(14(3)26-18-11-7-6-10-17(18)22)23-24-20(25)27-12-15-8-4-5-9-16(15)21/h4-11,13-14H,12H2,1-3H3. The SMILES string of the molecule is CC(Oc1ccccc1F)c1nnc(SCc2ccccc2F)n1C(C)C. The Morgan fingerprint density at radius 1 is 0.963 bits per heavy atom. The lowest BCUT2D eigenvalue weighted by Gasteiger charge is -2.19. The van der Waals surface area contributed by atoms with E-state index in [1.54, 1.807) is 37.3 Å². The number of ether oxygens (including phenoxy) is 1. The summed E-state index contributed by atoms with van der Waals surface area (Å²) in [6, 6.07) is 13.0. The van der Waals surface area contributed by atoms with E-state index >= 15 is 0 Å². The Kier molecular flexibility index (Phi) is 6.11. The van der Waals surface area contributed by atoms with E-state index in [9.17, 15) is 8.78 Å². The van der Waals surface area contributed by atoms with Gasteiger partial charge in [-0.25, -0.2) is 8.78 Å². The average molecular weight is 389 g/mol. The van der Waals surface area contributed by atoms with Gasteiger partial charge in [0.1, 0.15) is 5.82 Å². The first-order valence-electron chi connectivity index (χ1n) is 8.69. The maximum Gasteiger partial charge on any atom is 0.191 e. The number of thioether (sulfide) groups is 1. The zero-order chi connectivity index (χ0) is 19.4. The Balaban J connectivity index is 1.80. The quantitative estimate of drug-likeness (QED) is 0.495. The summed E-state index contributed by atoms with van der Waals surface area (Å²) >= 11 is 1.41. The van der Waals surface area contributed by atoms with E-state index in [-0.39, 0.29) is 17.6 Å². The fourth-order valence-corrected chi connectivity index (χ4v) is 3.75. The molecule has 0 radical (unpaired) electrons. The molecule has 0 aliphatic heterocycles. The van der Waals surface area contributed by atoms with Crippen molar-refractivity contribution in [3.05, 3.63) is 71.6 Å². The molecule has 0 fully saturated rings. The molecule has 0 bridgehead atoms. The number of hydrogen-bond donors (Lipinski definition) is 0. The van der Waals surface area contributed by atoms with Crippen LogP contribution in [0.5, 0.6) is 5.75 Å². The van der Waals surface area contributed by atoms with Crippen LogP contribution in [0.3, 0.4) is 0 Å². The van der Waals surface area contributed by atoms with Crippen molar-refractivity contribution in [1.82, 2.24) is 14.8 Å². The molecule has 4 nitrogen and oxygen atoms in total. The van der Waals surface area contributed by atoms with Crippen LogP contribution in [-0.4, -0.2) is 14.8 Å². The first kappa shape index (κ1) is 19.4. The fraction of sp³-hybridized carbons (Fsp3) is 0.300. The molecule has 1 heterocycles. The molecule has 0 amide bonds. The van der Waals surface area contributed by atoms with Gasteiger partial charge in [0.15, 0.2) is 28.7 Å². The summed E-state index contributed by atoms with van der Waals surface area (Å²) in [5.41, 5.74) is 0.609. The highest BCUT2D eigenvalue weighted by Crippen LogP contribution is 2.30. The molecule has 0 saturated carbocycles. The van der Waals surface area contributed by atoms with Gasteiger partial charge in [-0.3, -0.25) is 0 Å². The molecule has 142 valence electrons. The lowest BCUT2D eigenvalue weighted by atomic mass is 10.2. The molecule has 3 aromatic rings. The van der Waals surface area contributed by atoms with Crippen LogP contribution in [0, 0.1) is 11.6 Å². The predicted octanol–water partition coefficient (Wildman–Crippen LogP) is 5.57. The van der Waals surface area contributed by atoms with Crippen LogP contribution < -0.4 is 4.74 Å². The van der Waals surface area contributed by atoms with Gasteiger partial charge in [0.25, 0.3) is 0 Å². The first-order chi connectivity index (χ1) is 13.0. The van der Waals surface area contributed by atoms with Crippen molar-refractivity contribution in [3.63, 3.8) is 0 Å². The second kappa shape index (κ2) is 8.52. The monoisotopic (exact) mass is 389 g/mol. The summed E-state index contributed by atoms with van der Waals surface area (Å²) in [6.07, 6.45) is -0.486. The number of para-hydroxylation sites is 1. The third kappa shape index (κ3) is 4.47. The predicted molar refractivity (Wildman–Crippen MR) is 102 cm³/mol. The van der Waals surface area contributed by atoms with Crippen molar-refractivity contribution in [3.8, 4) is 5.75 Å². The van der Waals surface area contributed by atoms with Crippen molar-refractivity contribution in [2.75, 3.05) is 0 Å². The summed E-state index contributed by atoms with van der Waals surface area (Å²) < 4.78 is 35.4. The molecule has 3 rings (SSSR count). The summed E-state index contributed by atoms with van der Waals surface area (Å²) in [6.45, 7) is 5.83. The molecule has 1 aromatic heterocycles. The molecular weight excluding hydrogens is 368 g/mol. The largest absolute Gasteiger partial charge is 0.480 e. The zero-order valence-electron chi connectivity index (χ0n) is 15.4. The van der Waals surface area contributed by atoms with Crippen LogP contribution in [0.4, 0.5) is 8.78 Å². The van der Waals surface area contributed by atoms with Crippen molar-refractivity contribution < 1.29 is 13.5 Å². The van der Waals surface area contributed by atoms with Crippen LogP contribution in [0.2, 0.25) is 0 Å². The number of aromatic nitrogens is 3. The minimum Gasteiger partial charge on any atom is -0.480 e. The third-order valence-corrected chi connectivity index (χ3v) is 5.02. The van der Waals surface area contributed by atoms with E-state index in [4.69, 9.17) is 4.74 Å². The second-order valence-corrected chi connectivity index (χ2v) is 7.32. The van der Waals surface area contributed by atoms with Crippen molar-refractivity contribution in [1.29, 1.82) is 0 Å². The van der Waals surface area contributed by atoms with Gasteiger partial charge in [0.2, 0.25) is 0 Å². The third-order valence-electron chi connectivity index (χ3n) is 4.03. The molecule has 0 aliphatic rings. The van der Waals surface area contributed by atoms with Gasteiger partial charge >= 0.3 is 0 Å². The van der Waals surface area contributed by atoms with Gasteiger partial charge in [-0.15, -0.1) is 10.2 Å². The Hall–Kier alpha value is -2.41. The van der Waals surface area contributed by atoms with Crippen molar-refractivity contribution in [2.24, 2.45) is 0 Å². The molecule has 27 heavy (non-hydrogen) atoms. The highest BCUT2D eigenvalue weighted by atomic mass is 32.2. The molecule has 0 spiro atoms. The Labute approximate surface area is 161 Å². The fourth-order valence-electron chi connectivity index (χ4n) is 2.69. The van der Waals surface area contributed by atoms with Gasteiger partial charge < -0.3 is 9.30 Å². The van der Waals surface area contributed by atoms with Gasteiger partial charge in [0.05, 0.1) is 0 Å². The van der Waals surface area contributed by atoms with Crippen molar-refractivity contribution >= 4 is 11.8 Å². The number of hydrogen-bond acceptors (Lipinski definition) is 4. The summed E-state index contributed by atoms with van der Waals surface area (Å²) in [4.78, 5) is 0. The topological polar surface area (TPSA) is 39.9 Å². The van der Waals surface area contributed by atoms with E-state index in [2.05, 4.69) is 10.2 Å². The number of nitrogens with zero attached hydrogens (tertiary/aromatic N) is 3. The lowest BCUT2D eigenvalue weighted by molar-refractivity contribution is 0.198. The lowest BCUT2D eigenvalue weighted by Crippen LogP contribution is -2.14. The summed E-state index contributed by atoms with van der Waals surface area (Å²) in [5, 5.41) is 9.17. The van der Waals surface area contributed by atoms with E-state index in [0.717, 1.165) is 0 Å². The van der Waals surface area contributed by atoms with Crippen LogP contribution in [0.1, 0.15) is 44.3 Å². The van der Waals surface area contributed by atoms with E-state index < -0.39 is 11.9 Å². The molecule has 1 atom stereocenters. The van der Waals surface area contributed by atoms with Crippen molar-refractivity contribution in [2.45, 2.75) is 43.8 Å². The number of rotatable bonds is 7. The molecule has 7 heteroatoms. The minimum atomic E-state index is -0.486. The summed E-state index contributed by atoms with van der Waals surface area (Å²) in [5.74, 6) is 0.555. The highest BCUT2D eigenvalue weighted by Gasteiger charge is 2.22. The van der Waals surface area contributed by atoms with Crippen LogP contribution in [0.15, 0.2) is 53.7 Å². The first-order valence-corrected chi connectivity index (χ1v) is 9.68. The molecule has 2 aromatic carbocycles. The molecule has 0 N–H and O–H groups in total. The Bertz CT molecular complexity index is 914. The van der Waals surface area contributed by atoms with E-state index in [1.807, 2.05) is 24.5 Å². The maximum atomic E-state index is 13.9. The molecule has 0 aliphatic carbocycles. The van der Waals surface area contributed by atoms with Gasteiger partial charge in [-0.2, -0.15) is 0 Å². The molecule has 0 saturated heterocycles. The van der Waals surface area contributed by atoms with Gasteiger partial charge in [-0.1, -0.05) is 42.1 Å². The smallest absolute Gasteiger partial charge is 0.191 e. The normalized spacial score (nSPS) is 12.4. The molecular formula is C20H21F2N3OS. The van der Waals surface area contributed by atoms with E-state index in [1.165, 1.54) is 23.9 Å².